The first-order chi connectivity index (χ1) is 20.0. The summed E-state index contributed by atoms with van der Waals surface area (Å²) in [5.74, 6) is 1.89. The summed E-state index contributed by atoms with van der Waals surface area (Å²) in [6.45, 7) is 10.9. The van der Waals surface area contributed by atoms with Gasteiger partial charge in [0.15, 0.2) is 5.60 Å². The zero-order valence-corrected chi connectivity index (χ0v) is 24.1. The Hall–Kier alpha value is -4.45. The molecule has 1 atom stereocenters. The summed E-state index contributed by atoms with van der Waals surface area (Å²) < 4.78 is 18.6. The van der Waals surface area contributed by atoms with Crippen LogP contribution in [-0.4, -0.2) is 25.7 Å². The number of carbonyl (C=O) groups is 1. The van der Waals surface area contributed by atoms with Gasteiger partial charge in [-0.05, 0) is 87.4 Å². The molecule has 0 bridgehead atoms. The number of nitrogens with one attached hydrogen (secondary N) is 1. The van der Waals surface area contributed by atoms with Crippen LogP contribution in [0.1, 0.15) is 66.2 Å². The van der Waals surface area contributed by atoms with Crippen LogP contribution in [0.2, 0.25) is 0 Å². The minimum absolute atomic E-state index is 0.330. The van der Waals surface area contributed by atoms with E-state index in [0.717, 1.165) is 71.0 Å². The quantitative estimate of drug-likeness (QED) is 0.212. The molecule has 6 nitrogen and oxygen atoms in total. The lowest BCUT2D eigenvalue weighted by Gasteiger charge is -2.38. The Balaban J connectivity index is 1.48. The highest BCUT2D eigenvalue weighted by atomic mass is 16.6. The summed E-state index contributed by atoms with van der Waals surface area (Å²) in [7, 11) is 0. The molecule has 0 aliphatic carbocycles. The van der Waals surface area contributed by atoms with E-state index in [9.17, 15) is 4.79 Å². The van der Waals surface area contributed by atoms with Gasteiger partial charge in [0, 0.05) is 52.9 Å². The van der Waals surface area contributed by atoms with Gasteiger partial charge in [0.25, 0.3) is 0 Å². The van der Waals surface area contributed by atoms with Gasteiger partial charge in [0.1, 0.15) is 17.2 Å². The monoisotopic (exact) mass is 548 g/mol. The van der Waals surface area contributed by atoms with E-state index in [1.54, 1.807) is 0 Å². The molecule has 1 spiro atoms. The van der Waals surface area contributed by atoms with Crippen LogP contribution < -0.4 is 19.7 Å². The van der Waals surface area contributed by atoms with Gasteiger partial charge in [-0.3, -0.25) is 0 Å². The molecular weight excluding hydrogens is 512 g/mol. The molecule has 4 aromatic carbocycles. The molecule has 1 N–H and O–H groups in total. The van der Waals surface area contributed by atoms with E-state index >= 15 is 0 Å². The van der Waals surface area contributed by atoms with E-state index < -0.39 is 5.60 Å². The standard InChI is InChI=1S/C35H36N2O4/c1-5-8-19-37(6-2)25-15-18-29-33(21-25)40-32-20-23(4)31(36-24-13-16-26(17-14-24)39-7-3)22-30(32)35(29)28-12-10-9-11-27(28)34(38)41-35/h9-18,20-22,36H,5-8,19H2,1-4H3. The lowest BCUT2D eigenvalue weighted by atomic mass is 9.77. The van der Waals surface area contributed by atoms with Crippen LogP contribution in [0, 0.1) is 6.92 Å². The number of aryl methyl sites for hydroxylation is 1. The molecule has 1 unspecified atom stereocenters. The number of rotatable bonds is 9. The molecule has 0 amide bonds. The van der Waals surface area contributed by atoms with Gasteiger partial charge in [-0.2, -0.15) is 0 Å². The molecule has 0 aromatic heterocycles. The highest BCUT2D eigenvalue weighted by molar-refractivity contribution is 5.97. The molecule has 6 heteroatoms. The molecule has 2 aliphatic heterocycles. The highest BCUT2D eigenvalue weighted by Crippen LogP contribution is 2.57. The van der Waals surface area contributed by atoms with Crippen LogP contribution in [0.3, 0.4) is 0 Å². The lowest BCUT2D eigenvalue weighted by Crippen LogP contribution is -2.33. The fourth-order valence-corrected chi connectivity index (χ4v) is 5.91. The van der Waals surface area contributed by atoms with Gasteiger partial charge in [-0.25, -0.2) is 4.79 Å². The lowest BCUT2D eigenvalue weighted by molar-refractivity contribution is 0.0224. The SMILES string of the molecule is CCCCN(CC)c1ccc2c(c1)Oc1cc(C)c(Nc3ccc(OCC)cc3)cc1C21OC(=O)c2ccccc21. The first kappa shape index (κ1) is 26.8. The number of fused-ring (bicyclic) bond motifs is 6. The summed E-state index contributed by atoms with van der Waals surface area (Å²) >= 11 is 0. The average Bonchev–Trinajstić information content (AvgIpc) is 3.28. The van der Waals surface area contributed by atoms with E-state index in [1.165, 1.54) is 0 Å². The minimum atomic E-state index is -1.11. The summed E-state index contributed by atoms with van der Waals surface area (Å²) in [5, 5.41) is 3.55. The van der Waals surface area contributed by atoms with Crippen LogP contribution in [-0.2, 0) is 10.3 Å². The van der Waals surface area contributed by atoms with Crippen molar-refractivity contribution in [1.82, 2.24) is 0 Å². The predicted molar refractivity (Wildman–Crippen MR) is 163 cm³/mol. The van der Waals surface area contributed by atoms with Crippen molar-refractivity contribution in [2.75, 3.05) is 29.9 Å². The third kappa shape index (κ3) is 4.57. The first-order valence-corrected chi connectivity index (χ1v) is 14.5. The minimum Gasteiger partial charge on any atom is -0.494 e. The van der Waals surface area contributed by atoms with E-state index in [2.05, 4.69) is 55.3 Å². The van der Waals surface area contributed by atoms with Crippen LogP contribution >= 0.6 is 0 Å². The Bertz CT molecular complexity index is 1600. The summed E-state index contributed by atoms with van der Waals surface area (Å²) in [4.78, 5) is 15.7. The fourth-order valence-electron chi connectivity index (χ4n) is 5.91. The van der Waals surface area contributed by atoms with Gasteiger partial charge >= 0.3 is 5.97 Å². The Kier molecular flexibility index (Phi) is 7.08. The molecule has 0 saturated carbocycles. The highest BCUT2D eigenvalue weighted by Gasteiger charge is 2.53. The van der Waals surface area contributed by atoms with Crippen LogP contribution in [0.25, 0.3) is 0 Å². The van der Waals surface area contributed by atoms with Crippen molar-refractivity contribution in [2.45, 2.75) is 46.1 Å². The van der Waals surface area contributed by atoms with Crippen molar-refractivity contribution in [3.8, 4) is 17.2 Å². The Morgan fingerprint density at radius 3 is 2.41 bits per heavy atom. The van der Waals surface area contributed by atoms with E-state index in [-0.39, 0.29) is 5.97 Å². The fraction of sp³-hybridized carbons (Fsp3) is 0.286. The van der Waals surface area contributed by atoms with Gasteiger partial charge in [0.05, 0.1) is 12.2 Å². The average molecular weight is 549 g/mol. The van der Waals surface area contributed by atoms with E-state index in [1.807, 2.05) is 61.5 Å². The number of nitrogens with zero attached hydrogens (tertiary/aromatic N) is 1. The van der Waals surface area contributed by atoms with Crippen molar-refractivity contribution in [3.63, 3.8) is 0 Å². The number of anilines is 3. The molecule has 210 valence electrons. The zero-order chi connectivity index (χ0) is 28.6. The second-order valence-corrected chi connectivity index (χ2v) is 10.6. The molecule has 41 heavy (non-hydrogen) atoms. The molecule has 0 saturated heterocycles. The number of carbonyl (C=O) groups excluding carboxylic acids is 1. The van der Waals surface area contributed by atoms with E-state index in [0.29, 0.717) is 23.7 Å². The molecule has 0 radical (unpaired) electrons. The zero-order valence-electron chi connectivity index (χ0n) is 24.1. The van der Waals surface area contributed by atoms with Crippen LogP contribution in [0.4, 0.5) is 17.1 Å². The molecular formula is C35H36N2O4. The second kappa shape index (κ2) is 10.8. The number of unbranched alkanes of at least 4 members (excludes halogenated alkanes) is 1. The summed E-state index contributed by atoms with van der Waals surface area (Å²) in [5.41, 5.74) is 5.88. The molecule has 4 aromatic rings. The van der Waals surface area contributed by atoms with Crippen LogP contribution in [0.5, 0.6) is 17.2 Å². The maximum absolute atomic E-state index is 13.3. The van der Waals surface area contributed by atoms with Crippen LogP contribution in [0.15, 0.2) is 78.9 Å². The van der Waals surface area contributed by atoms with Crippen molar-refractivity contribution >= 4 is 23.0 Å². The van der Waals surface area contributed by atoms with Gasteiger partial charge in [-0.15, -0.1) is 0 Å². The predicted octanol–water partition coefficient (Wildman–Crippen LogP) is 8.33. The number of benzene rings is 4. The third-order valence-corrected chi connectivity index (χ3v) is 8.02. The molecule has 0 fully saturated rings. The number of esters is 1. The van der Waals surface area contributed by atoms with Gasteiger partial charge < -0.3 is 24.4 Å². The normalized spacial score (nSPS) is 16.3. The number of hydrogen-bond donors (Lipinski definition) is 1. The van der Waals surface area contributed by atoms with Crippen molar-refractivity contribution in [3.05, 3.63) is 107 Å². The summed E-state index contributed by atoms with van der Waals surface area (Å²) in [6, 6.07) is 25.9. The first-order valence-electron chi connectivity index (χ1n) is 14.5. The van der Waals surface area contributed by atoms with Gasteiger partial charge in [0.2, 0.25) is 0 Å². The van der Waals surface area contributed by atoms with Crippen molar-refractivity contribution in [2.24, 2.45) is 0 Å². The number of hydrogen-bond acceptors (Lipinski definition) is 6. The topological polar surface area (TPSA) is 60.0 Å². The molecule has 6 rings (SSSR count). The number of ether oxygens (including phenoxy) is 3. The Morgan fingerprint density at radius 1 is 0.878 bits per heavy atom. The second-order valence-electron chi connectivity index (χ2n) is 10.6. The smallest absolute Gasteiger partial charge is 0.340 e. The maximum Gasteiger partial charge on any atom is 0.340 e. The van der Waals surface area contributed by atoms with Crippen molar-refractivity contribution < 1.29 is 19.0 Å². The Labute approximate surface area is 241 Å². The summed E-state index contributed by atoms with van der Waals surface area (Å²) in [6.07, 6.45) is 2.25. The third-order valence-electron chi connectivity index (χ3n) is 8.02. The van der Waals surface area contributed by atoms with E-state index in [4.69, 9.17) is 14.2 Å². The van der Waals surface area contributed by atoms with Gasteiger partial charge in [-0.1, -0.05) is 31.5 Å². The maximum atomic E-state index is 13.3. The van der Waals surface area contributed by atoms with Crippen molar-refractivity contribution in [1.29, 1.82) is 0 Å². The largest absolute Gasteiger partial charge is 0.494 e. The molecule has 2 aliphatic rings. The molecule has 2 heterocycles. The Morgan fingerprint density at radius 2 is 1.66 bits per heavy atom.